The first-order valence-electron chi connectivity index (χ1n) is 8.94. The Morgan fingerprint density at radius 2 is 1.41 bits per heavy atom. The zero-order valence-electron chi connectivity index (χ0n) is 15.5. The lowest BCUT2D eigenvalue weighted by Gasteiger charge is -2.10. The zero-order chi connectivity index (χ0) is 20.4. The molecule has 3 aromatic rings. The normalized spacial score (nSPS) is 12.5. The summed E-state index contributed by atoms with van der Waals surface area (Å²) in [6, 6.07) is 20.2. The molecule has 1 aliphatic carbocycles. The average molecular weight is 384 g/mol. The molecule has 0 saturated carbocycles. The molecule has 5 nitrogen and oxygen atoms in total. The predicted octanol–water partition coefficient (Wildman–Crippen LogP) is 4.38. The third-order valence-corrected chi connectivity index (χ3v) is 4.62. The lowest BCUT2D eigenvalue weighted by atomic mass is 10.1. The standard InChI is InChI=1S/C24H16O5/c1-28-21-14-15(11-12-20(21)29-24(27)16-7-3-2-4-8-16)13-19-22(25)17-9-5-6-10-18(17)23(19)26/h2-14H,1H3. The molecule has 4 rings (SSSR count). The van der Waals surface area contributed by atoms with Crippen LogP contribution in [0.25, 0.3) is 6.08 Å². The maximum absolute atomic E-state index is 12.5. The first-order chi connectivity index (χ1) is 14.1. The second kappa shape index (κ2) is 7.56. The second-order valence-electron chi connectivity index (χ2n) is 6.43. The van der Waals surface area contributed by atoms with Crippen molar-refractivity contribution in [2.45, 2.75) is 0 Å². The summed E-state index contributed by atoms with van der Waals surface area (Å²) in [7, 11) is 1.45. The van der Waals surface area contributed by atoms with Gasteiger partial charge in [0, 0.05) is 11.1 Å². The first-order valence-corrected chi connectivity index (χ1v) is 8.94. The Balaban J connectivity index is 1.62. The molecule has 0 unspecified atom stereocenters. The number of carbonyl (C=O) groups excluding carboxylic acids is 3. The molecule has 3 aromatic carbocycles. The van der Waals surface area contributed by atoms with Crippen LogP contribution < -0.4 is 9.47 Å². The van der Waals surface area contributed by atoms with E-state index < -0.39 is 5.97 Å². The summed E-state index contributed by atoms with van der Waals surface area (Å²) >= 11 is 0. The molecule has 29 heavy (non-hydrogen) atoms. The van der Waals surface area contributed by atoms with Crippen LogP contribution in [-0.4, -0.2) is 24.6 Å². The average Bonchev–Trinajstić information content (AvgIpc) is 3.00. The van der Waals surface area contributed by atoms with E-state index in [1.165, 1.54) is 13.2 Å². The molecule has 0 N–H and O–H groups in total. The smallest absolute Gasteiger partial charge is 0.343 e. The molecule has 0 heterocycles. The van der Waals surface area contributed by atoms with Crippen molar-refractivity contribution < 1.29 is 23.9 Å². The molecular weight excluding hydrogens is 368 g/mol. The molecule has 1 aliphatic rings. The summed E-state index contributed by atoms with van der Waals surface area (Å²) in [5, 5.41) is 0. The highest BCUT2D eigenvalue weighted by Crippen LogP contribution is 2.32. The van der Waals surface area contributed by atoms with Gasteiger partial charge in [-0.15, -0.1) is 0 Å². The van der Waals surface area contributed by atoms with Crippen molar-refractivity contribution in [3.63, 3.8) is 0 Å². The number of hydrogen-bond donors (Lipinski definition) is 0. The van der Waals surface area contributed by atoms with E-state index in [0.29, 0.717) is 28.0 Å². The lowest BCUT2D eigenvalue weighted by molar-refractivity contribution is 0.0729. The van der Waals surface area contributed by atoms with Gasteiger partial charge in [-0.2, -0.15) is 0 Å². The van der Waals surface area contributed by atoms with Crippen LogP contribution in [-0.2, 0) is 0 Å². The molecule has 0 radical (unpaired) electrons. The largest absolute Gasteiger partial charge is 0.493 e. The molecule has 0 aromatic heterocycles. The van der Waals surface area contributed by atoms with Gasteiger partial charge in [-0.3, -0.25) is 9.59 Å². The molecule has 0 spiro atoms. The summed E-state index contributed by atoms with van der Waals surface area (Å²) in [5.74, 6) is -0.546. The van der Waals surface area contributed by atoms with Crippen molar-refractivity contribution in [1.82, 2.24) is 0 Å². The van der Waals surface area contributed by atoms with E-state index in [9.17, 15) is 14.4 Å². The van der Waals surface area contributed by atoms with E-state index in [0.717, 1.165) is 0 Å². The topological polar surface area (TPSA) is 69.7 Å². The maximum Gasteiger partial charge on any atom is 0.343 e. The molecule has 0 fully saturated rings. The van der Waals surface area contributed by atoms with Crippen molar-refractivity contribution in [2.24, 2.45) is 0 Å². The minimum absolute atomic E-state index is 0.0993. The number of fused-ring (bicyclic) bond motifs is 1. The number of Topliss-reactive ketones (excluding diaryl/α,β-unsaturated/α-hetero) is 2. The van der Waals surface area contributed by atoms with Crippen LogP contribution in [0.15, 0.2) is 78.4 Å². The third kappa shape index (κ3) is 3.46. The summed E-state index contributed by atoms with van der Waals surface area (Å²) in [4.78, 5) is 37.4. The fourth-order valence-electron chi connectivity index (χ4n) is 3.16. The highest BCUT2D eigenvalue weighted by Gasteiger charge is 2.32. The predicted molar refractivity (Wildman–Crippen MR) is 107 cm³/mol. The highest BCUT2D eigenvalue weighted by molar-refractivity contribution is 6.41. The quantitative estimate of drug-likeness (QED) is 0.289. The van der Waals surface area contributed by atoms with Crippen LogP contribution >= 0.6 is 0 Å². The fraction of sp³-hybridized carbons (Fsp3) is 0.0417. The van der Waals surface area contributed by atoms with Crippen molar-refractivity contribution in [1.29, 1.82) is 0 Å². The number of methoxy groups -OCH3 is 1. The zero-order valence-corrected chi connectivity index (χ0v) is 15.5. The van der Waals surface area contributed by atoms with Crippen molar-refractivity contribution >= 4 is 23.6 Å². The number of ketones is 2. The Kier molecular flexibility index (Phi) is 4.79. The molecule has 142 valence electrons. The number of allylic oxidation sites excluding steroid dienone is 1. The molecular formula is C24H16O5. The van der Waals surface area contributed by atoms with E-state index in [1.807, 2.05) is 6.07 Å². The second-order valence-corrected chi connectivity index (χ2v) is 6.43. The van der Waals surface area contributed by atoms with Gasteiger partial charge in [0.2, 0.25) is 0 Å². The van der Waals surface area contributed by atoms with Gasteiger partial charge in [-0.1, -0.05) is 48.5 Å². The van der Waals surface area contributed by atoms with Crippen molar-refractivity contribution in [3.05, 3.63) is 101 Å². The Morgan fingerprint density at radius 1 is 0.793 bits per heavy atom. The van der Waals surface area contributed by atoms with Gasteiger partial charge in [0.1, 0.15) is 0 Å². The van der Waals surface area contributed by atoms with Gasteiger partial charge >= 0.3 is 5.97 Å². The van der Waals surface area contributed by atoms with E-state index in [-0.39, 0.29) is 22.9 Å². The van der Waals surface area contributed by atoms with Crippen LogP contribution in [0, 0.1) is 0 Å². The summed E-state index contributed by atoms with van der Waals surface area (Å²) in [6.45, 7) is 0. The highest BCUT2D eigenvalue weighted by atomic mass is 16.6. The number of rotatable bonds is 4. The molecule has 0 aliphatic heterocycles. The summed E-state index contributed by atoms with van der Waals surface area (Å²) < 4.78 is 10.7. The number of hydrogen-bond acceptors (Lipinski definition) is 5. The van der Waals surface area contributed by atoms with E-state index in [4.69, 9.17) is 9.47 Å². The lowest BCUT2D eigenvalue weighted by Crippen LogP contribution is -2.09. The summed E-state index contributed by atoms with van der Waals surface area (Å²) in [5.41, 5.74) is 1.92. The van der Waals surface area contributed by atoms with Gasteiger partial charge in [0.15, 0.2) is 23.1 Å². The van der Waals surface area contributed by atoms with Crippen LogP contribution in [0.2, 0.25) is 0 Å². The Morgan fingerprint density at radius 3 is 2.03 bits per heavy atom. The van der Waals surface area contributed by atoms with Crippen molar-refractivity contribution in [2.75, 3.05) is 7.11 Å². The Bertz CT molecular complexity index is 1120. The van der Waals surface area contributed by atoms with Gasteiger partial charge in [0.25, 0.3) is 0 Å². The molecule has 0 saturated heterocycles. The summed E-state index contributed by atoms with van der Waals surface area (Å²) in [6.07, 6.45) is 1.52. The van der Waals surface area contributed by atoms with Crippen LogP contribution in [0.5, 0.6) is 11.5 Å². The third-order valence-electron chi connectivity index (χ3n) is 4.62. The monoisotopic (exact) mass is 384 g/mol. The Labute approximate surface area is 167 Å². The van der Waals surface area contributed by atoms with Crippen molar-refractivity contribution in [3.8, 4) is 11.5 Å². The van der Waals surface area contributed by atoms with Gasteiger partial charge < -0.3 is 9.47 Å². The number of ether oxygens (including phenoxy) is 2. The molecule has 0 amide bonds. The molecule has 0 atom stereocenters. The van der Waals surface area contributed by atoms with Crippen LogP contribution in [0.1, 0.15) is 36.6 Å². The van der Waals surface area contributed by atoms with Gasteiger partial charge in [-0.25, -0.2) is 4.79 Å². The van der Waals surface area contributed by atoms with E-state index >= 15 is 0 Å². The van der Waals surface area contributed by atoms with E-state index in [2.05, 4.69) is 0 Å². The SMILES string of the molecule is COc1cc(C=C2C(=O)c3ccccc3C2=O)ccc1OC(=O)c1ccccc1. The number of esters is 1. The van der Waals surface area contributed by atoms with E-state index in [1.54, 1.807) is 66.7 Å². The molecule has 5 heteroatoms. The molecule has 0 bridgehead atoms. The van der Waals surface area contributed by atoms with Crippen LogP contribution in [0.4, 0.5) is 0 Å². The minimum Gasteiger partial charge on any atom is -0.493 e. The maximum atomic E-state index is 12.5. The van der Waals surface area contributed by atoms with Crippen LogP contribution in [0.3, 0.4) is 0 Å². The number of carbonyl (C=O) groups is 3. The van der Waals surface area contributed by atoms with Gasteiger partial charge in [0.05, 0.1) is 18.2 Å². The van der Waals surface area contributed by atoms with Gasteiger partial charge in [-0.05, 0) is 35.9 Å². The number of benzene rings is 3. The Hall–Kier alpha value is -3.99. The minimum atomic E-state index is -0.508. The first kappa shape index (κ1) is 18.4. The fourth-order valence-corrected chi connectivity index (χ4v) is 3.16.